The number of hydrogen-bond acceptors (Lipinski definition) is 3. The van der Waals surface area contributed by atoms with Gasteiger partial charge in [0.15, 0.2) is 0 Å². The van der Waals surface area contributed by atoms with Crippen LogP contribution >= 0.6 is 0 Å². The van der Waals surface area contributed by atoms with E-state index in [9.17, 15) is 4.79 Å². The molecule has 0 spiro atoms. The standard InChI is InChI=1S/C13H14N2O2/c1-8(2)15-12-10-4-3-5-11(13(16)17)9(10)6-7-14-12/h3-8H,1-2H3,(H,14,15)(H,16,17). The molecule has 88 valence electrons. The fourth-order valence-electron chi connectivity index (χ4n) is 1.78. The van der Waals surface area contributed by atoms with Crippen molar-refractivity contribution in [2.45, 2.75) is 19.9 Å². The van der Waals surface area contributed by atoms with Gasteiger partial charge in [0.1, 0.15) is 5.82 Å². The number of hydrogen-bond donors (Lipinski definition) is 2. The second-order valence-electron chi connectivity index (χ2n) is 4.16. The molecule has 1 aromatic carbocycles. The van der Waals surface area contributed by atoms with Crippen molar-refractivity contribution in [2.75, 3.05) is 5.32 Å². The number of aromatic carboxylic acids is 1. The number of benzene rings is 1. The first kappa shape index (κ1) is 11.4. The first-order valence-electron chi connectivity index (χ1n) is 5.47. The zero-order valence-corrected chi connectivity index (χ0v) is 9.77. The van der Waals surface area contributed by atoms with E-state index in [0.717, 1.165) is 11.2 Å². The van der Waals surface area contributed by atoms with Gasteiger partial charge in [-0.3, -0.25) is 0 Å². The minimum Gasteiger partial charge on any atom is -0.478 e. The van der Waals surface area contributed by atoms with Crippen LogP contribution in [0.3, 0.4) is 0 Å². The highest BCUT2D eigenvalue weighted by atomic mass is 16.4. The SMILES string of the molecule is CC(C)Nc1nccc2c(C(=O)O)cccc12. The molecular formula is C13H14N2O2. The minimum absolute atomic E-state index is 0.251. The van der Waals surface area contributed by atoms with E-state index in [2.05, 4.69) is 10.3 Å². The highest BCUT2D eigenvalue weighted by molar-refractivity contribution is 6.06. The maximum Gasteiger partial charge on any atom is 0.336 e. The molecule has 0 aliphatic heterocycles. The average molecular weight is 230 g/mol. The Hall–Kier alpha value is -2.10. The quantitative estimate of drug-likeness (QED) is 0.851. The molecule has 0 saturated carbocycles. The van der Waals surface area contributed by atoms with Crippen LogP contribution in [-0.2, 0) is 0 Å². The van der Waals surface area contributed by atoms with Crippen molar-refractivity contribution >= 4 is 22.6 Å². The molecule has 0 amide bonds. The second kappa shape index (κ2) is 4.41. The number of anilines is 1. The number of nitrogens with zero attached hydrogens (tertiary/aromatic N) is 1. The molecule has 0 saturated heterocycles. The summed E-state index contributed by atoms with van der Waals surface area (Å²) in [6.45, 7) is 4.03. The Labute approximate surface area is 99.3 Å². The van der Waals surface area contributed by atoms with Crippen molar-refractivity contribution in [2.24, 2.45) is 0 Å². The Morgan fingerprint density at radius 1 is 1.29 bits per heavy atom. The number of pyridine rings is 1. The Morgan fingerprint density at radius 2 is 2.06 bits per heavy atom. The van der Waals surface area contributed by atoms with Crippen molar-refractivity contribution < 1.29 is 9.90 Å². The van der Waals surface area contributed by atoms with Gasteiger partial charge in [0.05, 0.1) is 5.56 Å². The van der Waals surface area contributed by atoms with E-state index in [1.54, 1.807) is 24.4 Å². The molecule has 4 heteroatoms. The van der Waals surface area contributed by atoms with Gasteiger partial charge in [-0.05, 0) is 26.0 Å². The third-order valence-corrected chi connectivity index (χ3v) is 2.46. The highest BCUT2D eigenvalue weighted by Crippen LogP contribution is 2.24. The molecule has 2 rings (SSSR count). The summed E-state index contributed by atoms with van der Waals surface area (Å²) in [6, 6.07) is 7.19. The Balaban J connectivity index is 2.65. The lowest BCUT2D eigenvalue weighted by atomic mass is 10.1. The molecule has 0 radical (unpaired) electrons. The van der Waals surface area contributed by atoms with E-state index < -0.39 is 5.97 Å². The molecule has 0 unspecified atom stereocenters. The van der Waals surface area contributed by atoms with E-state index in [-0.39, 0.29) is 6.04 Å². The van der Waals surface area contributed by atoms with Gasteiger partial charge in [0, 0.05) is 23.0 Å². The van der Waals surface area contributed by atoms with E-state index >= 15 is 0 Å². The summed E-state index contributed by atoms with van der Waals surface area (Å²) in [5.41, 5.74) is 0.303. The maximum atomic E-state index is 11.1. The molecule has 2 aromatic rings. The van der Waals surface area contributed by atoms with Crippen LogP contribution in [0, 0.1) is 0 Å². The zero-order chi connectivity index (χ0) is 12.4. The van der Waals surface area contributed by atoms with Crippen molar-refractivity contribution in [1.29, 1.82) is 0 Å². The number of carbonyl (C=O) groups is 1. The largest absolute Gasteiger partial charge is 0.478 e. The van der Waals surface area contributed by atoms with E-state index in [4.69, 9.17) is 5.11 Å². The summed E-state index contributed by atoms with van der Waals surface area (Å²) in [6.07, 6.45) is 1.62. The van der Waals surface area contributed by atoms with Gasteiger partial charge >= 0.3 is 5.97 Å². The molecule has 0 aliphatic rings. The predicted molar refractivity (Wildman–Crippen MR) is 67.5 cm³/mol. The number of aromatic nitrogens is 1. The first-order valence-corrected chi connectivity index (χ1v) is 5.47. The number of nitrogens with one attached hydrogen (secondary N) is 1. The summed E-state index contributed by atoms with van der Waals surface area (Å²) in [7, 11) is 0. The first-order chi connectivity index (χ1) is 8.09. The van der Waals surface area contributed by atoms with Crippen LogP contribution in [0.25, 0.3) is 10.8 Å². The Kier molecular flexibility index (Phi) is 2.95. The van der Waals surface area contributed by atoms with Gasteiger partial charge in [0.2, 0.25) is 0 Å². The van der Waals surface area contributed by atoms with Crippen LogP contribution in [0.2, 0.25) is 0 Å². The maximum absolute atomic E-state index is 11.1. The lowest BCUT2D eigenvalue weighted by molar-refractivity contribution is 0.0699. The minimum atomic E-state index is -0.919. The molecule has 17 heavy (non-hydrogen) atoms. The third kappa shape index (κ3) is 2.20. The predicted octanol–water partition coefficient (Wildman–Crippen LogP) is 2.75. The van der Waals surface area contributed by atoms with Crippen molar-refractivity contribution in [3.63, 3.8) is 0 Å². The molecule has 1 aromatic heterocycles. The summed E-state index contributed by atoms with van der Waals surface area (Å²) >= 11 is 0. The fourth-order valence-corrected chi connectivity index (χ4v) is 1.78. The molecular weight excluding hydrogens is 216 g/mol. The van der Waals surface area contributed by atoms with E-state index in [1.165, 1.54) is 0 Å². The van der Waals surface area contributed by atoms with E-state index in [1.807, 2.05) is 19.9 Å². The van der Waals surface area contributed by atoms with Crippen LogP contribution < -0.4 is 5.32 Å². The monoisotopic (exact) mass is 230 g/mol. The summed E-state index contributed by atoms with van der Waals surface area (Å²) < 4.78 is 0. The van der Waals surface area contributed by atoms with Crippen molar-refractivity contribution in [1.82, 2.24) is 4.98 Å². The second-order valence-corrected chi connectivity index (χ2v) is 4.16. The number of fused-ring (bicyclic) bond motifs is 1. The van der Waals surface area contributed by atoms with Crippen LogP contribution in [0.4, 0.5) is 5.82 Å². The topological polar surface area (TPSA) is 62.2 Å². The third-order valence-electron chi connectivity index (χ3n) is 2.46. The summed E-state index contributed by atoms with van der Waals surface area (Å²) in [5.74, 6) is -0.196. The van der Waals surface area contributed by atoms with Crippen molar-refractivity contribution in [3.05, 3.63) is 36.0 Å². The number of carboxylic acids is 1. The highest BCUT2D eigenvalue weighted by Gasteiger charge is 2.10. The molecule has 0 bridgehead atoms. The smallest absolute Gasteiger partial charge is 0.336 e. The average Bonchev–Trinajstić information content (AvgIpc) is 2.28. The van der Waals surface area contributed by atoms with Gasteiger partial charge in [-0.1, -0.05) is 12.1 Å². The van der Waals surface area contributed by atoms with E-state index in [0.29, 0.717) is 10.9 Å². The van der Waals surface area contributed by atoms with Gasteiger partial charge in [-0.2, -0.15) is 0 Å². The van der Waals surface area contributed by atoms with Crippen LogP contribution in [-0.4, -0.2) is 22.1 Å². The van der Waals surface area contributed by atoms with Gasteiger partial charge in [-0.25, -0.2) is 9.78 Å². The summed E-state index contributed by atoms with van der Waals surface area (Å²) in [5, 5.41) is 13.9. The summed E-state index contributed by atoms with van der Waals surface area (Å²) in [4.78, 5) is 15.4. The molecule has 0 atom stereocenters. The molecule has 0 fully saturated rings. The molecule has 2 N–H and O–H groups in total. The van der Waals surface area contributed by atoms with Crippen LogP contribution in [0.1, 0.15) is 24.2 Å². The lowest BCUT2D eigenvalue weighted by Crippen LogP contribution is -2.11. The van der Waals surface area contributed by atoms with Crippen LogP contribution in [0.15, 0.2) is 30.5 Å². The van der Waals surface area contributed by atoms with Gasteiger partial charge < -0.3 is 10.4 Å². The molecule has 1 heterocycles. The normalized spacial score (nSPS) is 10.8. The van der Waals surface area contributed by atoms with Crippen LogP contribution in [0.5, 0.6) is 0 Å². The van der Waals surface area contributed by atoms with Crippen molar-refractivity contribution in [3.8, 4) is 0 Å². The fraction of sp³-hybridized carbons (Fsp3) is 0.231. The Bertz CT molecular complexity index is 564. The zero-order valence-electron chi connectivity index (χ0n) is 9.77. The van der Waals surface area contributed by atoms with Gasteiger partial charge in [0.25, 0.3) is 0 Å². The lowest BCUT2D eigenvalue weighted by Gasteiger charge is -2.12. The van der Waals surface area contributed by atoms with Gasteiger partial charge in [-0.15, -0.1) is 0 Å². The molecule has 0 aliphatic carbocycles. The molecule has 4 nitrogen and oxygen atoms in total. The number of rotatable bonds is 3. The Morgan fingerprint density at radius 3 is 2.71 bits per heavy atom. The number of carboxylic acid groups (broad SMARTS) is 1.